The lowest BCUT2D eigenvalue weighted by Gasteiger charge is -2.35. The van der Waals surface area contributed by atoms with Gasteiger partial charge in [-0.2, -0.15) is 0 Å². The van der Waals surface area contributed by atoms with Gasteiger partial charge >= 0.3 is 0 Å². The van der Waals surface area contributed by atoms with E-state index in [4.69, 9.17) is 4.74 Å². The van der Waals surface area contributed by atoms with Crippen LogP contribution in [0, 0.1) is 0 Å². The van der Waals surface area contributed by atoms with Crippen LogP contribution in [0.2, 0.25) is 0 Å². The molecule has 2 N–H and O–H groups in total. The highest BCUT2D eigenvalue weighted by Gasteiger charge is 2.24. The van der Waals surface area contributed by atoms with Crippen LogP contribution in [-0.4, -0.2) is 48.9 Å². The number of piperidine rings is 1. The fourth-order valence-corrected chi connectivity index (χ4v) is 3.07. The third kappa shape index (κ3) is 4.81. The number of nitrogens with one attached hydrogen (secondary N) is 2. The van der Waals surface area contributed by atoms with Gasteiger partial charge in [-0.15, -0.1) is 0 Å². The SMILES string of the molecule is CCCC[C@@H](COC)N[C@H]1CCCN(c2ncc[nH]c2=O)C1. The Morgan fingerprint density at radius 1 is 1.59 bits per heavy atom. The first-order chi connectivity index (χ1) is 10.7. The zero-order valence-corrected chi connectivity index (χ0v) is 13.7. The maximum Gasteiger partial charge on any atom is 0.290 e. The van der Waals surface area contributed by atoms with Gasteiger partial charge in [-0.3, -0.25) is 4.79 Å². The van der Waals surface area contributed by atoms with Crippen LogP contribution >= 0.6 is 0 Å². The highest BCUT2D eigenvalue weighted by atomic mass is 16.5. The molecule has 0 amide bonds. The van der Waals surface area contributed by atoms with E-state index in [0.717, 1.165) is 39.0 Å². The lowest BCUT2D eigenvalue weighted by atomic mass is 10.0. The monoisotopic (exact) mass is 308 g/mol. The first kappa shape index (κ1) is 17.0. The summed E-state index contributed by atoms with van der Waals surface area (Å²) < 4.78 is 5.33. The Labute approximate surface area is 132 Å². The van der Waals surface area contributed by atoms with Crippen molar-refractivity contribution in [1.82, 2.24) is 15.3 Å². The third-order valence-corrected chi connectivity index (χ3v) is 4.16. The molecule has 22 heavy (non-hydrogen) atoms. The minimum atomic E-state index is -0.109. The summed E-state index contributed by atoms with van der Waals surface area (Å²) in [6.45, 7) is 4.66. The topological polar surface area (TPSA) is 70.2 Å². The molecule has 6 nitrogen and oxygen atoms in total. The van der Waals surface area contributed by atoms with Crippen LogP contribution < -0.4 is 15.8 Å². The van der Waals surface area contributed by atoms with Crippen molar-refractivity contribution in [1.29, 1.82) is 0 Å². The van der Waals surface area contributed by atoms with E-state index in [9.17, 15) is 4.79 Å². The maximum absolute atomic E-state index is 11.9. The van der Waals surface area contributed by atoms with Gasteiger partial charge in [-0.25, -0.2) is 4.98 Å². The van der Waals surface area contributed by atoms with E-state index in [-0.39, 0.29) is 5.56 Å². The molecule has 2 heterocycles. The number of H-pyrrole nitrogens is 1. The second kappa shape index (κ2) is 8.90. The molecule has 2 rings (SSSR count). The van der Waals surface area contributed by atoms with Crippen molar-refractivity contribution in [2.45, 2.75) is 51.1 Å². The van der Waals surface area contributed by atoms with Gasteiger partial charge in [0.1, 0.15) is 0 Å². The molecule has 1 saturated heterocycles. The maximum atomic E-state index is 11.9. The Morgan fingerprint density at radius 2 is 2.45 bits per heavy atom. The van der Waals surface area contributed by atoms with Crippen molar-refractivity contribution < 1.29 is 4.74 Å². The van der Waals surface area contributed by atoms with Crippen molar-refractivity contribution in [2.75, 3.05) is 31.7 Å². The summed E-state index contributed by atoms with van der Waals surface area (Å²) in [5.41, 5.74) is -0.109. The van der Waals surface area contributed by atoms with Gasteiger partial charge in [0, 0.05) is 44.7 Å². The van der Waals surface area contributed by atoms with Gasteiger partial charge in [0.05, 0.1) is 6.61 Å². The molecule has 1 aliphatic rings. The number of nitrogens with zero attached hydrogens (tertiary/aromatic N) is 2. The molecule has 0 aliphatic carbocycles. The minimum Gasteiger partial charge on any atom is -0.383 e. The van der Waals surface area contributed by atoms with E-state index < -0.39 is 0 Å². The first-order valence-electron chi connectivity index (χ1n) is 8.28. The highest BCUT2D eigenvalue weighted by molar-refractivity contribution is 5.36. The lowest BCUT2D eigenvalue weighted by molar-refractivity contribution is 0.153. The molecular formula is C16H28N4O2. The number of methoxy groups -OCH3 is 1. The molecule has 1 aliphatic heterocycles. The third-order valence-electron chi connectivity index (χ3n) is 4.16. The van der Waals surface area contributed by atoms with E-state index in [1.807, 2.05) is 0 Å². The van der Waals surface area contributed by atoms with Crippen LogP contribution in [-0.2, 0) is 4.74 Å². The van der Waals surface area contributed by atoms with Crippen LogP contribution in [0.3, 0.4) is 0 Å². The predicted molar refractivity (Wildman–Crippen MR) is 88.4 cm³/mol. The van der Waals surface area contributed by atoms with E-state index in [1.165, 1.54) is 12.8 Å². The van der Waals surface area contributed by atoms with E-state index >= 15 is 0 Å². The second-order valence-corrected chi connectivity index (χ2v) is 5.99. The lowest BCUT2D eigenvalue weighted by Crippen LogP contribution is -2.51. The Morgan fingerprint density at radius 3 is 3.18 bits per heavy atom. The number of ether oxygens (including phenoxy) is 1. The standard InChI is InChI=1S/C16H28N4O2/c1-3-4-6-14(12-22-2)19-13-7-5-10-20(11-13)15-16(21)18-9-8-17-15/h8-9,13-14,19H,3-7,10-12H2,1-2H3,(H,18,21)/t13-,14-/m0/s1. The van der Waals surface area contributed by atoms with E-state index in [0.29, 0.717) is 17.9 Å². The summed E-state index contributed by atoms with van der Waals surface area (Å²) in [5.74, 6) is 0.533. The van der Waals surface area contributed by atoms with Gasteiger partial charge < -0.3 is 19.9 Å². The van der Waals surface area contributed by atoms with E-state index in [2.05, 4.69) is 27.1 Å². The van der Waals surface area contributed by atoms with Crippen molar-refractivity contribution in [3.8, 4) is 0 Å². The molecule has 2 atom stereocenters. The molecule has 124 valence electrons. The summed E-state index contributed by atoms with van der Waals surface area (Å²) in [4.78, 5) is 20.9. The molecule has 0 bridgehead atoms. The molecule has 0 unspecified atom stereocenters. The number of anilines is 1. The fourth-order valence-electron chi connectivity index (χ4n) is 3.07. The van der Waals surface area contributed by atoms with Crippen LogP contribution in [0.25, 0.3) is 0 Å². The number of aromatic amines is 1. The van der Waals surface area contributed by atoms with Gasteiger partial charge in [0.2, 0.25) is 0 Å². The van der Waals surface area contributed by atoms with Crippen LogP contribution in [0.4, 0.5) is 5.82 Å². The molecular weight excluding hydrogens is 280 g/mol. The summed E-state index contributed by atoms with van der Waals surface area (Å²) in [6, 6.07) is 0.768. The molecule has 6 heteroatoms. The minimum absolute atomic E-state index is 0.109. The summed E-state index contributed by atoms with van der Waals surface area (Å²) >= 11 is 0. The van der Waals surface area contributed by atoms with Crippen LogP contribution in [0.1, 0.15) is 39.0 Å². The molecule has 0 saturated carbocycles. The Kier molecular flexibility index (Phi) is 6.86. The van der Waals surface area contributed by atoms with Crippen molar-refractivity contribution in [2.24, 2.45) is 0 Å². The molecule has 0 spiro atoms. The largest absolute Gasteiger partial charge is 0.383 e. The Balaban J connectivity index is 1.94. The zero-order chi connectivity index (χ0) is 15.8. The van der Waals surface area contributed by atoms with Crippen LogP contribution in [0.5, 0.6) is 0 Å². The quantitative estimate of drug-likeness (QED) is 0.762. The Bertz CT molecular complexity index is 491. The van der Waals surface area contributed by atoms with Crippen molar-refractivity contribution in [3.05, 3.63) is 22.7 Å². The van der Waals surface area contributed by atoms with Gasteiger partial charge in [0.15, 0.2) is 5.82 Å². The molecule has 1 aromatic heterocycles. The molecule has 1 fully saturated rings. The van der Waals surface area contributed by atoms with E-state index in [1.54, 1.807) is 19.5 Å². The normalized spacial score (nSPS) is 20.1. The molecule has 0 aromatic carbocycles. The number of hydrogen-bond acceptors (Lipinski definition) is 5. The number of aromatic nitrogens is 2. The first-order valence-corrected chi connectivity index (χ1v) is 8.28. The smallest absolute Gasteiger partial charge is 0.290 e. The summed E-state index contributed by atoms with van der Waals surface area (Å²) in [6.07, 6.45) is 8.95. The van der Waals surface area contributed by atoms with Crippen LogP contribution in [0.15, 0.2) is 17.2 Å². The molecule has 0 radical (unpaired) electrons. The van der Waals surface area contributed by atoms with Gasteiger partial charge in [-0.1, -0.05) is 19.8 Å². The average Bonchev–Trinajstić information content (AvgIpc) is 2.53. The fraction of sp³-hybridized carbons (Fsp3) is 0.750. The number of rotatable bonds is 8. The van der Waals surface area contributed by atoms with Gasteiger partial charge in [0.25, 0.3) is 5.56 Å². The summed E-state index contributed by atoms with van der Waals surface area (Å²) in [7, 11) is 1.75. The van der Waals surface area contributed by atoms with Crippen molar-refractivity contribution in [3.63, 3.8) is 0 Å². The Hall–Kier alpha value is -1.40. The number of unbranched alkanes of at least 4 members (excludes halogenated alkanes) is 1. The van der Waals surface area contributed by atoms with Gasteiger partial charge in [-0.05, 0) is 19.3 Å². The summed E-state index contributed by atoms with van der Waals surface area (Å²) in [5, 5.41) is 3.70. The predicted octanol–water partition coefficient (Wildman–Crippen LogP) is 1.53. The highest BCUT2D eigenvalue weighted by Crippen LogP contribution is 2.15. The molecule has 1 aromatic rings. The zero-order valence-electron chi connectivity index (χ0n) is 13.7. The average molecular weight is 308 g/mol. The second-order valence-electron chi connectivity index (χ2n) is 5.99. The number of hydrogen-bond donors (Lipinski definition) is 2. The van der Waals surface area contributed by atoms with Crippen molar-refractivity contribution >= 4 is 5.82 Å².